The Morgan fingerprint density at radius 1 is 1.00 bits per heavy atom. The number of ether oxygens (including phenoxy) is 3. The SMILES string of the molecule is CC(C)(C)OC(=O)C[C@H]1[C@H]2CC(=C(Cl)Cl)O[C@H]2C[C@H]1OC(=O)c1ccc(-c2ccccc2)cc1. The molecular formula is C27H28Cl2O5. The Bertz CT molecular complexity index is 1070. The number of carbonyl (C=O) groups is 2. The molecule has 1 aliphatic carbocycles. The van der Waals surface area contributed by atoms with Gasteiger partial charge in [-0.3, -0.25) is 4.79 Å². The molecule has 180 valence electrons. The summed E-state index contributed by atoms with van der Waals surface area (Å²) in [6.07, 6.45) is 0.407. The third-order valence-corrected chi connectivity index (χ3v) is 6.63. The molecule has 2 aliphatic rings. The van der Waals surface area contributed by atoms with Gasteiger partial charge in [-0.25, -0.2) is 4.79 Å². The van der Waals surface area contributed by atoms with Crippen LogP contribution in [0.15, 0.2) is 64.8 Å². The zero-order valence-electron chi connectivity index (χ0n) is 19.4. The van der Waals surface area contributed by atoms with Crippen molar-refractivity contribution in [1.29, 1.82) is 0 Å². The summed E-state index contributed by atoms with van der Waals surface area (Å²) in [6, 6.07) is 17.2. The summed E-state index contributed by atoms with van der Waals surface area (Å²) in [4.78, 5) is 25.6. The van der Waals surface area contributed by atoms with Crippen molar-refractivity contribution < 1.29 is 23.8 Å². The Balaban J connectivity index is 1.48. The molecular weight excluding hydrogens is 475 g/mol. The van der Waals surface area contributed by atoms with Crippen LogP contribution in [-0.2, 0) is 19.0 Å². The second-order valence-corrected chi connectivity index (χ2v) is 10.7. The van der Waals surface area contributed by atoms with Crippen LogP contribution in [0.2, 0.25) is 0 Å². The largest absolute Gasteiger partial charge is 0.492 e. The minimum Gasteiger partial charge on any atom is -0.492 e. The molecule has 0 spiro atoms. The summed E-state index contributed by atoms with van der Waals surface area (Å²) in [5.41, 5.74) is 1.94. The van der Waals surface area contributed by atoms with Gasteiger partial charge < -0.3 is 14.2 Å². The van der Waals surface area contributed by atoms with Crippen LogP contribution < -0.4 is 0 Å². The first-order valence-corrected chi connectivity index (χ1v) is 12.2. The van der Waals surface area contributed by atoms with Gasteiger partial charge in [0.25, 0.3) is 0 Å². The number of hydrogen-bond donors (Lipinski definition) is 0. The second kappa shape index (κ2) is 10.0. The first-order chi connectivity index (χ1) is 16.1. The zero-order chi connectivity index (χ0) is 24.5. The molecule has 0 bridgehead atoms. The molecule has 2 aromatic carbocycles. The maximum Gasteiger partial charge on any atom is 0.338 e. The van der Waals surface area contributed by atoms with Crippen molar-refractivity contribution in [3.8, 4) is 11.1 Å². The summed E-state index contributed by atoms with van der Waals surface area (Å²) in [7, 11) is 0. The van der Waals surface area contributed by atoms with Crippen LogP contribution in [0.1, 0.15) is 50.4 Å². The lowest BCUT2D eigenvalue weighted by atomic mass is 9.89. The molecule has 0 aromatic heterocycles. The first kappa shape index (κ1) is 24.6. The molecule has 2 fully saturated rings. The van der Waals surface area contributed by atoms with Gasteiger partial charge in [-0.2, -0.15) is 0 Å². The summed E-state index contributed by atoms with van der Waals surface area (Å²) >= 11 is 11.9. The van der Waals surface area contributed by atoms with Crippen molar-refractivity contribution in [3.05, 3.63) is 70.4 Å². The van der Waals surface area contributed by atoms with Gasteiger partial charge in [0.05, 0.1) is 12.0 Å². The Kier molecular flexibility index (Phi) is 7.25. The van der Waals surface area contributed by atoms with E-state index in [1.54, 1.807) is 12.1 Å². The molecule has 2 aromatic rings. The summed E-state index contributed by atoms with van der Waals surface area (Å²) in [6.45, 7) is 5.48. The Morgan fingerprint density at radius 2 is 1.65 bits per heavy atom. The number of fused-ring (bicyclic) bond motifs is 1. The van der Waals surface area contributed by atoms with Gasteiger partial charge in [0.15, 0.2) is 0 Å². The Labute approximate surface area is 210 Å². The van der Waals surface area contributed by atoms with Crippen LogP contribution >= 0.6 is 23.2 Å². The van der Waals surface area contributed by atoms with Crippen molar-refractivity contribution in [2.24, 2.45) is 11.8 Å². The van der Waals surface area contributed by atoms with Gasteiger partial charge in [0, 0.05) is 24.7 Å². The quantitative estimate of drug-likeness (QED) is 0.426. The van der Waals surface area contributed by atoms with Gasteiger partial charge >= 0.3 is 11.9 Å². The number of rotatable bonds is 5. The lowest BCUT2D eigenvalue weighted by Gasteiger charge is -2.25. The summed E-state index contributed by atoms with van der Waals surface area (Å²) in [5.74, 6) is -0.523. The third kappa shape index (κ3) is 5.76. The number of allylic oxidation sites excluding steroid dienone is 1. The Hall–Kier alpha value is -2.50. The predicted octanol–water partition coefficient (Wildman–Crippen LogP) is 6.68. The van der Waals surface area contributed by atoms with Gasteiger partial charge in [-0.15, -0.1) is 0 Å². The first-order valence-electron chi connectivity index (χ1n) is 11.4. The highest BCUT2D eigenvalue weighted by Crippen LogP contribution is 2.49. The van der Waals surface area contributed by atoms with Crippen molar-refractivity contribution in [2.45, 2.75) is 57.8 Å². The van der Waals surface area contributed by atoms with E-state index in [4.69, 9.17) is 37.4 Å². The number of halogens is 2. The van der Waals surface area contributed by atoms with E-state index >= 15 is 0 Å². The number of benzene rings is 2. The fraction of sp³-hybridized carbons (Fsp3) is 0.407. The van der Waals surface area contributed by atoms with Crippen molar-refractivity contribution in [3.63, 3.8) is 0 Å². The van der Waals surface area contributed by atoms with E-state index in [9.17, 15) is 9.59 Å². The van der Waals surface area contributed by atoms with E-state index in [1.165, 1.54) is 0 Å². The highest BCUT2D eigenvalue weighted by atomic mass is 35.5. The number of esters is 2. The smallest absolute Gasteiger partial charge is 0.338 e. The van der Waals surface area contributed by atoms with Crippen molar-refractivity contribution in [1.82, 2.24) is 0 Å². The summed E-state index contributed by atoms with van der Waals surface area (Å²) in [5, 5.41) is 0. The van der Waals surface area contributed by atoms with E-state index in [2.05, 4.69) is 0 Å². The fourth-order valence-corrected chi connectivity index (χ4v) is 4.99. The van der Waals surface area contributed by atoms with Gasteiger partial charge in [0.2, 0.25) is 0 Å². The normalized spacial score (nSPS) is 23.7. The third-order valence-electron chi connectivity index (χ3n) is 6.20. The van der Waals surface area contributed by atoms with E-state index in [0.717, 1.165) is 11.1 Å². The van der Waals surface area contributed by atoms with Crippen LogP contribution in [0.4, 0.5) is 0 Å². The average molecular weight is 503 g/mol. The minimum absolute atomic E-state index is 0.0340. The molecule has 4 rings (SSSR count). The molecule has 0 radical (unpaired) electrons. The summed E-state index contributed by atoms with van der Waals surface area (Å²) < 4.78 is 17.5. The highest BCUT2D eigenvalue weighted by molar-refractivity contribution is 6.56. The molecule has 4 atom stereocenters. The molecule has 0 amide bonds. The monoisotopic (exact) mass is 502 g/mol. The molecule has 1 aliphatic heterocycles. The molecule has 1 heterocycles. The topological polar surface area (TPSA) is 61.8 Å². The van der Waals surface area contributed by atoms with E-state index in [0.29, 0.717) is 24.2 Å². The zero-order valence-corrected chi connectivity index (χ0v) is 20.9. The van der Waals surface area contributed by atoms with Gasteiger partial charge in [-0.05, 0) is 44.0 Å². The van der Waals surface area contributed by atoms with E-state index in [1.807, 2.05) is 63.2 Å². The predicted molar refractivity (Wildman–Crippen MR) is 131 cm³/mol. The van der Waals surface area contributed by atoms with Crippen LogP contribution in [0.25, 0.3) is 11.1 Å². The number of carbonyl (C=O) groups excluding carboxylic acids is 2. The van der Waals surface area contributed by atoms with Crippen molar-refractivity contribution in [2.75, 3.05) is 0 Å². The van der Waals surface area contributed by atoms with E-state index in [-0.39, 0.29) is 34.8 Å². The maximum absolute atomic E-state index is 13.0. The molecule has 34 heavy (non-hydrogen) atoms. The highest BCUT2D eigenvalue weighted by Gasteiger charge is 2.51. The van der Waals surface area contributed by atoms with Gasteiger partial charge in [0.1, 0.15) is 28.1 Å². The van der Waals surface area contributed by atoms with Gasteiger partial charge in [-0.1, -0.05) is 65.7 Å². The minimum atomic E-state index is -0.599. The van der Waals surface area contributed by atoms with Crippen molar-refractivity contribution >= 4 is 35.1 Å². The number of hydrogen-bond acceptors (Lipinski definition) is 5. The molecule has 0 unspecified atom stereocenters. The standard InChI is InChI=1S/C27H28Cl2O5/c1-27(2,3)34-24(30)14-20-19-13-23(25(28)29)32-21(19)15-22(20)33-26(31)18-11-9-17(10-12-18)16-7-5-4-6-8-16/h4-12,19-22H,13-15H2,1-3H3/t19-,20+,21+,22-/m1/s1. The average Bonchev–Trinajstić information content (AvgIpc) is 3.32. The second-order valence-electron chi connectivity index (χ2n) is 9.79. The fourth-order valence-electron chi connectivity index (χ4n) is 4.74. The lowest BCUT2D eigenvalue weighted by molar-refractivity contribution is -0.157. The molecule has 0 N–H and O–H groups in total. The lowest BCUT2D eigenvalue weighted by Crippen LogP contribution is -2.31. The molecule has 1 saturated heterocycles. The van der Waals surface area contributed by atoms with Crippen LogP contribution in [0.5, 0.6) is 0 Å². The Morgan fingerprint density at radius 3 is 2.26 bits per heavy atom. The molecule has 5 nitrogen and oxygen atoms in total. The van der Waals surface area contributed by atoms with Crippen LogP contribution in [-0.4, -0.2) is 29.7 Å². The maximum atomic E-state index is 13.0. The van der Waals surface area contributed by atoms with Crippen LogP contribution in [0.3, 0.4) is 0 Å². The van der Waals surface area contributed by atoms with E-state index < -0.39 is 17.7 Å². The molecule has 1 saturated carbocycles. The van der Waals surface area contributed by atoms with Crippen LogP contribution in [0, 0.1) is 11.8 Å². The molecule has 7 heteroatoms.